The first-order valence-corrected chi connectivity index (χ1v) is 19.9. The molecule has 55 heavy (non-hydrogen) atoms. The number of rotatable bonds is 14. The SMILES string of the molecule is CCCCCCCC(=O)OCC/C=C/C1OC1C1OC(=O)/C=C\C=C\c2nc(oc2C)/C=C(/C)CCC2OC2C1OC(=O)N(Cc1ccc(Br)cc1)C(C)=O. The molecule has 1 aromatic carbocycles. The molecule has 3 aliphatic rings. The Kier molecular flexibility index (Phi) is 15.6. The van der Waals surface area contributed by atoms with Crippen LogP contribution in [0.2, 0.25) is 0 Å². The summed E-state index contributed by atoms with van der Waals surface area (Å²) in [6, 6.07) is 7.24. The van der Waals surface area contributed by atoms with Crippen molar-refractivity contribution in [2.45, 2.75) is 129 Å². The van der Waals surface area contributed by atoms with Gasteiger partial charge in [-0.1, -0.05) is 90.5 Å². The average Bonchev–Trinajstić information content (AvgIpc) is 4.07. The number of allylic oxidation sites excluding steroid dienone is 3. The van der Waals surface area contributed by atoms with E-state index in [1.165, 1.54) is 25.5 Å². The number of imide groups is 1. The molecule has 13 heteroatoms. The van der Waals surface area contributed by atoms with Gasteiger partial charge in [0, 0.05) is 23.9 Å². The first kappa shape index (κ1) is 41.8. The minimum atomic E-state index is -1.10. The van der Waals surface area contributed by atoms with Crippen LogP contribution in [0.1, 0.15) is 101 Å². The summed E-state index contributed by atoms with van der Waals surface area (Å²) in [5.41, 5.74) is 2.36. The summed E-state index contributed by atoms with van der Waals surface area (Å²) in [4.78, 5) is 57.6. The predicted octanol–water partition coefficient (Wildman–Crippen LogP) is 8.36. The number of oxazole rings is 1. The molecule has 0 spiro atoms. The maximum Gasteiger partial charge on any atom is 0.417 e. The predicted molar refractivity (Wildman–Crippen MR) is 208 cm³/mol. The second kappa shape index (κ2) is 20.5. The molecule has 4 heterocycles. The van der Waals surface area contributed by atoms with E-state index in [1.54, 1.807) is 24.3 Å². The molecule has 2 fully saturated rings. The minimum Gasteiger partial charge on any atom is -0.465 e. The van der Waals surface area contributed by atoms with E-state index in [-0.39, 0.29) is 25.2 Å². The van der Waals surface area contributed by atoms with Crippen LogP contribution in [0, 0.1) is 6.92 Å². The van der Waals surface area contributed by atoms with Crippen molar-refractivity contribution in [1.29, 1.82) is 0 Å². The van der Waals surface area contributed by atoms with Gasteiger partial charge in [-0.05, 0) is 69.4 Å². The lowest BCUT2D eigenvalue weighted by atomic mass is 10.00. The number of ether oxygens (including phenoxy) is 5. The summed E-state index contributed by atoms with van der Waals surface area (Å²) in [6.45, 7) is 7.45. The lowest BCUT2D eigenvalue weighted by Crippen LogP contribution is -2.47. The van der Waals surface area contributed by atoms with Gasteiger partial charge in [0.05, 0.1) is 19.3 Å². The van der Waals surface area contributed by atoms with Crippen molar-refractivity contribution in [2.75, 3.05) is 6.61 Å². The van der Waals surface area contributed by atoms with Crippen LogP contribution < -0.4 is 0 Å². The summed E-state index contributed by atoms with van der Waals surface area (Å²) < 4.78 is 36.3. The standard InChI is InChI=1S/C42H51BrN2O10/c1-5-6-7-8-9-16-36(47)50-24-13-12-15-33-38(52-33)40-41(55-42(49)45(29(4)46)26-30-19-21-31(43)22-20-30)39-34(53-39)23-18-27(2)25-35-44-32(28(3)51-35)14-10-11-17-37(48)54-40/h10-12,14-15,17,19-22,25,33-34,38-41H,5-9,13,16,18,23-24,26H2,1-4H3/b14-10+,15-12+,17-11-,27-25-. The van der Waals surface area contributed by atoms with Gasteiger partial charge in [0.1, 0.15) is 29.8 Å². The van der Waals surface area contributed by atoms with Crippen LogP contribution in [0.4, 0.5) is 4.79 Å². The number of aryl methyl sites for hydroxylation is 1. The molecule has 0 radical (unpaired) electrons. The molecule has 5 rings (SSSR count). The van der Waals surface area contributed by atoms with Crippen LogP contribution in [-0.4, -0.2) is 77.1 Å². The smallest absolute Gasteiger partial charge is 0.417 e. The number of epoxide rings is 2. The molecule has 0 aliphatic carbocycles. The van der Waals surface area contributed by atoms with Crippen molar-refractivity contribution in [3.8, 4) is 0 Å². The molecule has 2 amide bonds. The first-order valence-electron chi connectivity index (χ1n) is 19.1. The fourth-order valence-electron chi connectivity index (χ4n) is 6.30. The lowest BCUT2D eigenvalue weighted by Gasteiger charge is -2.27. The van der Waals surface area contributed by atoms with Crippen molar-refractivity contribution in [2.24, 2.45) is 0 Å². The maximum absolute atomic E-state index is 13.8. The van der Waals surface area contributed by atoms with Gasteiger partial charge in [0.15, 0.2) is 12.2 Å². The molecular formula is C42H51BrN2O10. The van der Waals surface area contributed by atoms with Crippen molar-refractivity contribution in [1.82, 2.24) is 9.88 Å². The maximum atomic E-state index is 13.8. The Bertz CT molecular complexity index is 1760. The molecule has 2 bridgehead atoms. The quantitative estimate of drug-likeness (QED) is 0.0595. The van der Waals surface area contributed by atoms with E-state index in [1.807, 2.05) is 44.2 Å². The van der Waals surface area contributed by atoms with E-state index in [0.717, 1.165) is 46.2 Å². The van der Waals surface area contributed by atoms with Gasteiger partial charge in [-0.15, -0.1) is 0 Å². The summed E-state index contributed by atoms with van der Waals surface area (Å²) in [5.74, 6) is -0.302. The normalized spacial score (nSPS) is 25.8. The highest BCUT2D eigenvalue weighted by molar-refractivity contribution is 9.10. The van der Waals surface area contributed by atoms with E-state index in [0.29, 0.717) is 43.0 Å². The van der Waals surface area contributed by atoms with Gasteiger partial charge in [-0.2, -0.15) is 0 Å². The molecule has 0 N–H and O–H groups in total. The number of halogens is 1. The second-order valence-electron chi connectivity index (χ2n) is 14.0. The van der Waals surface area contributed by atoms with Crippen LogP contribution in [0.25, 0.3) is 12.2 Å². The molecule has 2 saturated heterocycles. The number of carbonyl (C=O) groups excluding carboxylic acids is 4. The monoisotopic (exact) mass is 822 g/mol. The fraction of sp³-hybridized carbons (Fsp3) is 0.500. The van der Waals surface area contributed by atoms with E-state index in [9.17, 15) is 19.2 Å². The van der Waals surface area contributed by atoms with Crippen molar-refractivity contribution in [3.63, 3.8) is 0 Å². The van der Waals surface area contributed by atoms with Crippen molar-refractivity contribution >= 4 is 52.0 Å². The average molecular weight is 824 g/mol. The number of unbranched alkanes of at least 4 members (excludes halogenated alkanes) is 4. The number of aromatic nitrogens is 1. The summed E-state index contributed by atoms with van der Waals surface area (Å²) >= 11 is 3.41. The van der Waals surface area contributed by atoms with E-state index in [2.05, 4.69) is 27.8 Å². The number of hydrogen-bond acceptors (Lipinski definition) is 11. The Balaban J connectivity index is 1.32. The van der Waals surface area contributed by atoms with Gasteiger partial charge in [-0.3, -0.25) is 9.59 Å². The Labute approximate surface area is 331 Å². The summed E-state index contributed by atoms with van der Waals surface area (Å²) in [7, 11) is 0. The van der Waals surface area contributed by atoms with Gasteiger partial charge in [0.25, 0.3) is 0 Å². The Morgan fingerprint density at radius 1 is 1.00 bits per heavy atom. The second-order valence-corrected chi connectivity index (χ2v) is 14.9. The molecule has 6 unspecified atom stereocenters. The first-order chi connectivity index (χ1) is 26.5. The van der Waals surface area contributed by atoms with Crippen molar-refractivity contribution < 1.29 is 47.3 Å². The number of nitrogens with zero attached hydrogens (tertiary/aromatic N) is 2. The molecule has 2 aromatic rings. The molecule has 0 saturated carbocycles. The highest BCUT2D eigenvalue weighted by Gasteiger charge is 2.58. The Morgan fingerprint density at radius 2 is 1.76 bits per heavy atom. The zero-order chi connectivity index (χ0) is 39.3. The Hall–Kier alpha value is -4.33. The summed E-state index contributed by atoms with van der Waals surface area (Å²) in [6.07, 6.45) is 13.9. The number of hydrogen-bond donors (Lipinski definition) is 0. The van der Waals surface area contributed by atoms with E-state index in [4.69, 9.17) is 28.1 Å². The third kappa shape index (κ3) is 13.1. The van der Waals surface area contributed by atoms with Crippen LogP contribution in [0.5, 0.6) is 0 Å². The lowest BCUT2D eigenvalue weighted by molar-refractivity contribution is -0.153. The highest BCUT2D eigenvalue weighted by atomic mass is 79.9. The fourth-order valence-corrected chi connectivity index (χ4v) is 6.57. The highest BCUT2D eigenvalue weighted by Crippen LogP contribution is 2.40. The van der Waals surface area contributed by atoms with Crippen molar-refractivity contribution in [3.05, 3.63) is 87.6 Å². The number of amides is 2. The summed E-state index contributed by atoms with van der Waals surface area (Å²) in [5, 5.41) is 0. The zero-order valence-corrected chi connectivity index (χ0v) is 33.5. The molecule has 6 atom stereocenters. The number of benzene rings is 1. The van der Waals surface area contributed by atoms with Gasteiger partial charge in [0.2, 0.25) is 11.8 Å². The largest absolute Gasteiger partial charge is 0.465 e. The van der Waals surface area contributed by atoms with E-state index >= 15 is 0 Å². The Morgan fingerprint density at radius 3 is 2.53 bits per heavy atom. The number of cyclic esters (lactones) is 1. The third-order valence-electron chi connectivity index (χ3n) is 9.50. The van der Waals surface area contributed by atoms with Crippen LogP contribution in [0.3, 0.4) is 0 Å². The van der Waals surface area contributed by atoms with E-state index < -0.39 is 48.5 Å². The molecule has 296 valence electrons. The number of carbonyl (C=O) groups is 4. The van der Waals surface area contributed by atoms with Gasteiger partial charge < -0.3 is 28.1 Å². The topological polar surface area (TPSA) is 150 Å². The van der Waals surface area contributed by atoms with Gasteiger partial charge >= 0.3 is 18.0 Å². The molecular weight excluding hydrogens is 772 g/mol. The van der Waals surface area contributed by atoms with Crippen LogP contribution >= 0.6 is 15.9 Å². The molecule has 1 aromatic heterocycles. The number of fused-ring (bicyclic) bond motifs is 3. The minimum absolute atomic E-state index is 0.0246. The zero-order valence-electron chi connectivity index (χ0n) is 31.9. The number of esters is 2. The van der Waals surface area contributed by atoms with Crippen LogP contribution in [0.15, 0.2) is 69.1 Å². The van der Waals surface area contributed by atoms with Crippen LogP contribution in [-0.2, 0) is 44.6 Å². The molecule has 12 nitrogen and oxygen atoms in total. The molecule has 3 aliphatic heterocycles. The van der Waals surface area contributed by atoms with Gasteiger partial charge in [-0.25, -0.2) is 19.5 Å². The third-order valence-corrected chi connectivity index (χ3v) is 10.0.